The third-order valence-corrected chi connectivity index (χ3v) is 3.07. The molecule has 15 heavy (non-hydrogen) atoms. The Balaban J connectivity index is 3.12. The SMILES string of the molecule is CCC(C)(C)C(N)c1cccc(F)c1F. The van der Waals surface area contributed by atoms with Crippen LogP contribution in [0.5, 0.6) is 0 Å². The molecule has 0 radical (unpaired) electrons. The molecule has 0 aliphatic carbocycles. The van der Waals surface area contributed by atoms with E-state index in [2.05, 4.69) is 0 Å². The van der Waals surface area contributed by atoms with Crippen LogP contribution in [0.1, 0.15) is 38.8 Å². The zero-order valence-corrected chi connectivity index (χ0v) is 9.35. The predicted molar refractivity (Wildman–Crippen MR) is 57.4 cm³/mol. The first kappa shape index (κ1) is 12.1. The number of benzene rings is 1. The molecule has 1 rings (SSSR count). The van der Waals surface area contributed by atoms with Crippen LogP contribution < -0.4 is 5.73 Å². The molecular formula is C12H17F2N. The van der Waals surface area contributed by atoms with Crippen LogP contribution in [0, 0.1) is 17.0 Å². The Morgan fingerprint density at radius 3 is 2.47 bits per heavy atom. The standard InChI is InChI=1S/C12H17F2N/c1-4-12(2,3)11(15)8-6-5-7-9(13)10(8)14/h5-7,11H,4,15H2,1-3H3. The van der Waals surface area contributed by atoms with Crippen molar-refractivity contribution in [2.45, 2.75) is 33.2 Å². The molecule has 0 aromatic heterocycles. The minimum Gasteiger partial charge on any atom is -0.323 e. The van der Waals surface area contributed by atoms with E-state index in [1.54, 1.807) is 6.07 Å². The highest BCUT2D eigenvalue weighted by molar-refractivity contribution is 5.23. The van der Waals surface area contributed by atoms with Gasteiger partial charge in [-0.1, -0.05) is 32.9 Å². The number of nitrogens with two attached hydrogens (primary N) is 1. The van der Waals surface area contributed by atoms with Crippen molar-refractivity contribution < 1.29 is 8.78 Å². The Morgan fingerprint density at radius 1 is 1.33 bits per heavy atom. The second-order valence-corrected chi connectivity index (χ2v) is 4.46. The van der Waals surface area contributed by atoms with Gasteiger partial charge in [-0.2, -0.15) is 0 Å². The summed E-state index contributed by atoms with van der Waals surface area (Å²) in [5.74, 6) is -1.67. The van der Waals surface area contributed by atoms with Gasteiger partial charge in [-0.15, -0.1) is 0 Å². The molecular weight excluding hydrogens is 196 g/mol. The highest BCUT2D eigenvalue weighted by Crippen LogP contribution is 2.35. The highest BCUT2D eigenvalue weighted by Gasteiger charge is 2.28. The van der Waals surface area contributed by atoms with Gasteiger partial charge in [0.15, 0.2) is 11.6 Å². The maximum atomic E-state index is 13.5. The Labute approximate surface area is 89.3 Å². The average Bonchev–Trinajstić information content (AvgIpc) is 2.21. The Morgan fingerprint density at radius 2 is 1.93 bits per heavy atom. The topological polar surface area (TPSA) is 26.0 Å². The molecule has 0 saturated carbocycles. The Hall–Kier alpha value is -0.960. The van der Waals surface area contributed by atoms with Crippen LogP contribution in [0.2, 0.25) is 0 Å². The fourth-order valence-corrected chi connectivity index (χ4v) is 1.40. The molecule has 1 nitrogen and oxygen atoms in total. The van der Waals surface area contributed by atoms with E-state index in [1.165, 1.54) is 6.07 Å². The van der Waals surface area contributed by atoms with E-state index >= 15 is 0 Å². The third kappa shape index (κ3) is 2.34. The van der Waals surface area contributed by atoms with Crippen LogP contribution in [0.4, 0.5) is 8.78 Å². The summed E-state index contributed by atoms with van der Waals surface area (Å²) in [7, 11) is 0. The van der Waals surface area contributed by atoms with Crippen LogP contribution in [-0.4, -0.2) is 0 Å². The van der Waals surface area contributed by atoms with Crippen molar-refractivity contribution in [2.75, 3.05) is 0 Å². The van der Waals surface area contributed by atoms with Crippen molar-refractivity contribution in [1.82, 2.24) is 0 Å². The highest BCUT2D eigenvalue weighted by atomic mass is 19.2. The number of rotatable bonds is 3. The lowest BCUT2D eigenvalue weighted by molar-refractivity contribution is 0.271. The molecule has 1 atom stereocenters. The minimum absolute atomic E-state index is 0.241. The van der Waals surface area contributed by atoms with Gasteiger partial charge >= 0.3 is 0 Å². The first-order valence-corrected chi connectivity index (χ1v) is 5.09. The second kappa shape index (κ2) is 4.27. The van der Waals surface area contributed by atoms with E-state index in [9.17, 15) is 8.78 Å². The monoisotopic (exact) mass is 213 g/mol. The maximum Gasteiger partial charge on any atom is 0.163 e. The zero-order valence-electron chi connectivity index (χ0n) is 9.35. The van der Waals surface area contributed by atoms with Crippen molar-refractivity contribution in [1.29, 1.82) is 0 Å². The molecule has 1 unspecified atom stereocenters. The molecule has 0 aliphatic rings. The molecule has 0 fully saturated rings. The van der Waals surface area contributed by atoms with E-state index in [0.29, 0.717) is 0 Å². The van der Waals surface area contributed by atoms with Gasteiger partial charge in [0.25, 0.3) is 0 Å². The van der Waals surface area contributed by atoms with Crippen molar-refractivity contribution in [3.05, 3.63) is 35.4 Å². The second-order valence-electron chi connectivity index (χ2n) is 4.46. The maximum absolute atomic E-state index is 13.5. The molecule has 1 aromatic rings. The van der Waals surface area contributed by atoms with Crippen LogP contribution in [0.3, 0.4) is 0 Å². The molecule has 2 N–H and O–H groups in total. The van der Waals surface area contributed by atoms with Crippen LogP contribution >= 0.6 is 0 Å². The molecule has 0 heterocycles. The first-order valence-electron chi connectivity index (χ1n) is 5.09. The predicted octanol–water partition coefficient (Wildman–Crippen LogP) is 3.40. The van der Waals surface area contributed by atoms with Gasteiger partial charge in [0.2, 0.25) is 0 Å². The number of hydrogen-bond donors (Lipinski definition) is 1. The van der Waals surface area contributed by atoms with Crippen LogP contribution in [0.25, 0.3) is 0 Å². The molecule has 0 aliphatic heterocycles. The van der Waals surface area contributed by atoms with Crippen LogP contribution in [-0.2, 0) is 0 Å². The summed E-state index contributed by atoms with van der Waals surface area (Å²) in [5, 5.41) is 0. The van der Waals surface area contributed by atoms with Gasteiger partial charge in [-0.05, 0) is 17.9 Å². The molecule has 3 heteroatoms. The molecule has 0 spiro atoms. The molecule has 0 amide bonds. The normalized spacial score (nSPS) is 14.0. The summed E-state index contributed by atoms with van der Waals surface area (Å²) in [6.45, 7) is 5.88. The Bertz CT molecular complexity index is 347. The quantitative estimate of drug-likeness (QED) is 0.818. The summed E-state index contributed by atoms with van der Waals surface area (Å²) in [6.07, 6.45) is 0.810. The summed E-state index contributed by atoms with van der Waals surface area (Å²) in [5.41, 5.74) is 5.96. The van der Waals surface area contributed by atoms with Gasteiger partial charge in [0, 0.05) is 11.6 Å². The van der Waals surface area contributed by atoms with E-state index in [1.807, 2.05) is 20.8 Å². The molecule has 84 valence electrons. The van der Waals surface area contributed by atoms with Crippen molar-refractivity contribution >= 4 is 0 Å². The summed E-state index contributed by atoms with van der Waals surface area (Å²) < 4.78 is 26.5. The average molecular weight is 213 g/mol. The van der Waals surface area contributed by atoms with E-state index in [0.717, 1.165) is 12.5 Å². The summed E-state index contributed by atoms with van der Waals surface area (Å²) in [6, 6.07) is 3.64. The number of halogens is 2. The third-order valence-electron chi connectivity index (χ3n) is 3.07. The lowest BCUT2D eigenvalue weighted by atomic mass is 9.79. The fraction of sp³-hybridized carbons (Fsp3) is 0.500. The minimum atomic E-state index is -0.838. The molecule has 1 aromatic carbocycles. The van der Waals surface area contributed by atoms with E-state index in [4.69, 9.17) is 5.73 Å². The summed E-state index contributed by atoms with van der Waals surface area (Å²) in [4.78, 5) is 0. The van der Waals surface area contributed by atoms with Crippen molar-refractivity contribution in [3.63, 3.8) is 0 Å². The van der Waals surface area contributed by atoms with Crippen molar-refractivity contribution in [2.24, 2.45) is 11.1 Å². The number of hydrogen-bond acceptors (Lipinski definition) is 1. The lowest BCUT2D eigenvalue weighted by Crippen LogP contribution is -2.29. The van der Waals surface area contributed by atoms with Gasteiger partial charge in [0.05, 0.1) is 0 Å². The lowest BCUT2D eigenvalue weighted by Gasteiger charge is -2.30. The van der Waals surface area contributed by atoms with Gasteiger partial charge < -0.3 is 5.73 Å². The largest absolute Gasteiger partial charge is 0.323 e. The molecule has 0 saturated heterocycles. The van der Waals surface area contributed by atoms with Gasteiger partial charge in [-0.25, -0.2) is 8.78 Å². The zero-order chi connectivity index (χ0) is 11.6. The fourth-order valence-electron chi connectivity index (χ4n) is 1.40. The first-order chi connectivity index (χ1) is 6.90. The smallest absolute Gasteiger partial charge is 0.163 e. The molecule has 0 bridgehead atoms. The van der Waals surface area contributed by atoms with Gasteiger partial charge in [-0.3, -0.25) is 0 Å². The Kier molecular flexibility index (Phi) is 3.45. The van der Waals surface area contributed by atoms with Crippen LogP contribution in [0.15, 0.2) is 18.2 Å². The van der Waals surface area contributed by atoms with E-state index in [-0.39, 0.29) is 11.0 Å². The summed E-state index contributed by atoms with van der Waals surface area (Å²) >= 11 is 0. The van der Waals surface area contributed by atoms with Crippen molar-refractivity contribution in [3.8, 4) is 0 Å². The van der Waals surface area contributed by atoms with E-state index < -0.39 is 17.7 Å². The van der Waals surface area contributed by atoms with Gasteiger partial charge in [0.1, 0.15) is 0 Å².